The maximum absolute atomic E-state index is 12.4. The maximum Gasteiger partial charge on any atom is 0.405 e. The third-order valence-electron chi connectivity index (χ3n) is 4.08. The van der Waals surface area contributed by atoms with Crippen molar-refractivity contribution in [3.8, 4) is 0 Å². The summed E-state index contributed by atoms with van der Waals surface area (Å²) in [6, 6.07) is 11.0. The minimum Gasteiger partial charge on any atom is -0.457 e. The molecule has 0 amide bonds. The summed E-state index contributed by atoms with van der Waals surface area (Å²) in [5.74, 6) is -0.453. The molecular formula is C21H23F3N2O2. The number of carbonyl (C=O) groups is 1. The van der Waals surface area contributed by atoms with E-state index in [1.165, 1.54) is 7.05 Å². The topological polar surface area (TPSA) is 41.9 Å². The fourth-order valence-corrected chi connectivity index (χ4v) is 2.56. The van der Waals surface area contributed by atoms with E-state index in [1.807, 2.05) is 31.2 Å². The van der Waals surface area contributed by atoms with Crippen LogP contribution in [0.5, 0.6) is 0 Å². The number of aryl methyl sites for hydroxylation is 3. The first-order valence-electron chi connectivity index (χ1n) is 8.70. The average Bonchev–Trinajstić information content (AvgIpc) is 2.60. The van der Waals surface area contributed by atoms with E-state index in [0.29, 0.717) is 22.4 Å². The van der Waals surface area contributed by atoms with E-state index in [-0.39, 0.29) is 6.61 Å². The third kappa shape index (κ3) is 6.40. The molecule has 2 aromatic carbocycles. The Morgan fingerprint density at radius 2 is 1.75 bits per heavy atom. The summed E-state index contributed by atoms with van der Waals surface area (Å²) in [5.41, 5.74) is 4.24. The molecule has 2 rings (SSSR count). The Morgan fingerprint density at radius 1 is 1.11 bits per heavy atom. The molecule has 150 valence electrons. The predicted molar refractivity (Wildman–Crippen MR) is 103 cm³/mol. The minimum atomic E-state index is -4.29. The first-order valence-corrected chi connectivity index (χ1v) is 8.70. The zero-order valence-electron chi connectivity index (χ0n) is 16.3. The first kappa shape index (κ1) is 21.5. The van der Waals surface area contributed by atoms with Crippen molar-refractivity contribution in [1.29, 1.82) is 0 Å². The summed E-state index contributed by atoms with van der Waals surface area (Å²) < 4.78 is 42.5. The predicted octanol–water partition coefficient (Wildman–Crippen LogP) is 5.12. The van der Waals surface area contributed by atoms with Crippen molar-refractivity contribution in [1.82, 2.24) is 4.90 Å². The summed E-state index contributed by atoms with van der Waals surface area (Å²) >= 11 is 0. The van der Waals surface area contributed by atoms with Gasteiger partial charge >= 0.3 is 12.1 Å². The average molecular weight is 392 g/mol. The zero-order valence-corrected chi connectivity index (χ0v) is 16.3. The Labute approximate surface area is 162 Å². The molecule has 0 radical (unpaired) electrons. The Bertz CT molecular complexity index is 859. The number of carbonyl (C=O) groups excluding carboxylic acids is 1. The van der Waals surface area contributed by atoms with E-state index in [1.54, 1.807) is 26.0 Å². The normalized spacial score (nSPS) is 11.7. The number of esters is 1. The van der Waals surface area contributed by atoms with Gasteiger partial charge in [-0.25, -0.2) is 9.79 Å². The van der Waals surface area contributed by atoms with Crippen LogP contribution in [-0.2, 0) is 11.3 Å². The van der Waals surface area contributed by atoms with Gasteiger partial charge in [-0.15, -0.1) is 0 Å². The van der Waals surface area contributed by atoms with Crippen LogP contribution in [0.4, 0.5) is 18.9 Å². The number of benzene rings is 2. The summed E-state index contributed by atoms with van der Waals surface area (Å²) in [6.45, 7) is 4.54. The zero-order chi connectivity index (χ0) is 20.9. The highest BCUT2D eigenvalue weighted by molar-refractivity contribution is 5.92. The molecule has 7 heteroatoms. The van der Waals surface area contributed by atoms with Gasteiger partial charge in [-0.1, -0.05) is 29.8 Å². The van der Waals surface area contributed by atoms with E-state index in [2.05, 4.69) is 4.99 Å². The van der Waals surface area contributed by atoms with Crippen LogP contribution in [0.25, 0.3) is 0 Å². The molecule has 2 aromatic rings. The quantitative estimate of drug-likeness (QED) is 0.389. The molecule has 0 aromatic heterocycles. The van der Waals surface area contributed by atoms with E-state index >= 15 is 0 Å². The van der Waals surface area contributed by atoms with Crippen molar-refractivity contribution in [3.63, 3.8) is 0 Å². The monoisotopic (exact) mass is 392 g/mol. The van der Waals surface area contributed by atoms with Crippen LogP contribution in [0.2, 0.25) is 0 Å². The molecule has 0 saturated heterocycles. The number of halogens is 3. The highest BCUT2D eigenvalue weighted by Crippen LogP contribution is 2.24. The molecule has 0 aliphatic heterocycles. The summed E-state index contributed by atoms with van der Waals surface area (Å²) in [6.07, 6.45) is -3.17. The van der Waals surface area contributed by atoms with Crippen molar-refractivity contribution in [2.45, 2.75) is 33.6 Å². The minimum absolute atomic E-state index is 0.166. The SMILES string of the molecule is Cc1ccc(COC(=O)c2cc(C)c(N=CN(C)CC(F)(F)F)cc2C)cc1. The van der Waals surface area contributed by atoms with Gasteiger partial charge in [-0.2, -0.15) is 13.2 Å². The molecule has 0 aliphatic carbocycles. The van der Waals surface area contributed by atoms with E-state index in [9.17, 15) is 18.0 Å². The number of aliphatic imine (C=N–C) groups is 1. The molecule has 0 saturated carbocycles. The van der Waals surface area contributed by atoms with Crippen LogP contribution in [0, 0.1) is 20.8 Å². The van der Waals surface area contributed by atoms with Gasteiger partial charge in [-0.3, -0.25) is 0 Å². The van der Waals surface area contributed by atoms with Crippen LogP contribution < -0.4 is 0 Å². The second-order valence-corrected chi connectivity index (χ2v) is 6.79. The second-order valence-electron chi connectivity index (χ2n) is 6.79. The van der Waals surface area contributed by atoms with Crippen molar-refractivity contribution < 1.29 is 22.7 Å². The molecule has 4 nitrogen and oxygen atoms in total. The Hall–Kier alpha value is -2.83. The molecule has 0 unspecified atom stereocenters. The summed E-state index contributed by atoms with van der Waals surface area (Å²) in [5, 5.41) is 0. The van der Waals surface area contributed by atoms with E-state index in [4.69, 9.17) is 4.74 Å². The number of hydrogen-bond donors (Lipinski definition) is 0. The summed E-state index contributed by atoms with van der Waals surface area (Å²) in [7, 11) is 1.30. The number of nitrogens with zero attached hydrogens (tertiary/aromatic N) is 2. The van der Waals surface area contributed by atoms with Gasteiger partial charge in [0.2, 0.25) is 0 Å². The van der Waals surface area contributed by atoms with Crippen molar-refractivity contribution >= 4 is 18.0 Å². The molecule has 0 atom stereocenters. The largest absolute Gasteiger partial charge is 0.457 e. The standard InChI is InChI=1S/C21H23F3N2O2/c1-14-5-7-17(8-6-14)11-28-20(27)18-9-16(3)19(10-15(18)2)25-13-26(4)12-21(22,23)24/h5-10,13H,11-12H2,1-4H3. The summed E-state index contributed by atoms with van der Waals surface area (Å²) in [4.78, 5) is 17.5. The highest BCUT2D eigenvalue weighted by Gasteiger charge is 2.28. The lowest BCUT2D eigenvalue weighted by atomic mass is 10.0. The lowest BCUT2D eigenvalue weighted by molar-refractivity contribution is -0.135. The van der Waals surface area contributed by atoms with Gasteiger partial charge < -0.3 is 9.64 Å². The molecule has 0 fully saturated rings. The van der Waals surface area contributed by atoms with Crippen molar-refractivity contribution in [2.75, 3.05) is 13.6 Å². The van der Waals surface area contributed by atoms with E-state index in [0.717, 1.165) is 22.4 Å². The van der Waals surface area contributed by atoms with Crippen LogP contribution in [0.3, 0.4) is 0 Å². The molecule has 0 aliphatic rings. The maximum atomic E-state index is 12.4. The number of ether oxygens (including phenoxy) is 1. The van der Waals surface area contributed by atoms with Crippen LogP contribution in [-0.4, -0.2) is 37.0 Å². The highest BCUT2D eigenvalue weighted by atomic mass is 19.4. The fourth-order valence-electron chi connectivity index (χ4n) is 2.56. The van der Waals surface area contributed by atoms with Crippen LogP contribution in [0.15, 0.2) is 41.4 Å². The van der Waals surface area contributed by atoms with Crippen molar-refractivity contribution in [2.24, 2.45) is 4.99 Å². The van der Waals surface area contributed by atoms with Gasteiger partial charge in [0.25, 0.3) is 0 Å². The van der Waals surface area contributed by atoms with Crippen LogP contribution >= 0.6 is 0 Å². The van der Waals surface area contributed by atoms with Crippen molar-refractivity contribution in [3.05, 3.63) is 64.2 Å². The Kier molecular flexibility index (Phi) is 6.83. The molecule has 0 heterocycles. The smallest absolute Gasteiger partial charge is 0.405 e. The van der Waals surface area contributed by atoms with E-state index < -0.39 is 18.7 Å². The number of alkyl halides is 3. The second kappa shape index (κ2) is 8.91. The number of rotatable bonds is 6. The van der Waals surface area contributed by atoms with Gasteiger partial charge in [0.15, 0.2) is 0 Å². The molecule has 0 bridgehead atoms. The van der Waals surface area contributed by atoms with Gasteiger partial charge in [0, 0.05) is 7.05 Å². The van der Waals surface area contributed by atoms with Gasteiger partial charge in [0.05, 0.1) is 17.6 Å². The lowest BCUT2D eigenvalue weighted by Gasteiger charge is -2.15. The Morgan fingerprint density at radius 3 is 2.36 bits per heavy atom. The molecular weight excluding hydrogens is 369 g/mol. The molecule has 0 N–H and O–H groups in total. The first-order chi connectivity index (χ1) is 13.0. The van der Waals surface area contributed by atoms with Gasteiger partial charge in [0.1, 0.15) is 13.2 Å². The number of hydrogen-bond acceptors (Lipinski definition) is 3. The van der Waals surface area contributed by atoms with Gasteiger partial charge in [-0.05, 0) is 49.6 Å². The third-order valence-corrected chi connectivity index (χ3v) is 4.08. The fraction of sp³-hybridized carbons (Fsp3) is 0.333. The molecule has 28 heavy (non-hydrogen) atoms. The van der Waals surface area contributed by atoms with Crippen LogP contribution in [0.1, 0.15) is 32.6 Å². The Balaban J connectivity index is 2.07. The lowest BCUT2D eigenvalue weighted by Crippen LogP contribution is -2.29. The molecule has 0 spiro atoms.